The zero-order chi connectivity index (χ0) is 14.7. The van der Waals surface area contributed by atoms with Crippen molar-refractivity contribution >= 4 is 0 Å². The van der Waals surface area contributed by atoms with Crippen molar-refractivity contribution in [3.8, 4) is 17.4 Å². The molecule has 0 radical (unpaired) electrons. The second-order valence-corrected chi connectivity index (χ2v) is 4.33. The predicted octanol–water partition coefficient (Wildman–Crippen LogP) is 1.39. The molecule has 0 saturated heterocycles. The zero-order valence-corrected chi connectivity index (χ0v) is 11.6. The normalized spacial score (nSPS) is 10.3. The molecule has 0 atom stereocenters. The van der Waals surface area contributed by atoms with Gasteiger partial charge in [0.25, 0.3) is 5.56 Å². The number of nitrogens with zero attached hydrogens (tertiary/aromatic N) is 1. The zero-order valence-electron chi connectivity index (χ0n) is 11.6. The van der Waals surface area contributed by atoms with E-state index in [-0.39, 0.29) is 17.0 Å². The number of aromatic nitrogens is 2. The summed E-state index contributed by atoms with van der Waals surface area (Å²) in [5.41, 5.74) is 0.753. The molecule has 0 aliphatic rings. The van der Waals surface area contributed by atoms with E-state index in [4.69, 9.17) is 9.47 Å². The van der Waals surface area contributed by atoms with Crippen LogP contribution in [-0.2, 0) is 6.42 Å². The van der Waals surface area contributed by atoms with E-state index in [2.05, 4.69) is 9.97 Å². The number of aromatic hydroxyl groups is 1. The molecule has 20 heavy (non-hydrogen) atoms. The molecule has 2 rings (SSSR count). The Hall–Kier alpha value is -2.50. The summed E-state index contributed by atoms with van der Waals surface area (Å²) in [7, 11) is 3.12. The Bertz CT molecular complexity index is 679. The molecule has 0 aliphatic heterocycles. The molecule has 1 aromatic heterocycles. The minimum absolute atomic E-state index is 0.209. The Morgan fingerprint density at radius 1 is 1.25 bits per heavy atom. The third-order valence-electron chi connectivity index (χ3n) is 2.99. The highest BCUT2D eigenvalue weighted by molar-refractivity contribution is 5.43. The first-order valence-corrected chi connectivity index (χ1v) is 6.04. The van der Waals surface area contributed by atoms with Gasteiger partial charge in [0.05, 0.1) is 19.8 Å². The lowest BCUT2D eigenvalue weighted by Crippen LogP contribution is -2.14. The van der Waals surface area contributed by atoms with Crippen LogP contribution in [0.2, 0.25) is 0 Å². The minimum atomic E-state index is -0.340. The highest BCUT2D eigenvalue weighted by Gasteiger charge is 2.09. The summed E-state index contributed by atoms with van der Waals surface area (Å²) < 4.78 is 10.4. The molecule has 1 aromatic carbocycles. The molecule has 0 aliphatic carbocycles. The fourth-order valence-electron chi connectivity index (χ4n) is 1.83. The lowest BCUT2D eigenvalue weighted by Gasteiger charge is -2.09. The van der Waals surface area contributed by atoms with Crippen LogP contribution >= 0.6 is 0 Å². The van der Waals surface area contributed by atoms with Gasteiger partial charge >= 0.3 is 0 Å². The molecule has 106 valence electrons. The third-order valence-corrected chi connectivity index (χ3v) is 2.99. The second-order valence-electron chi connectivity index (χ2n) is 4.33. The van der Waals surface area contributed by atoms with E-state index < -0.39 is 0 Å². The van der Waals surface area contributed by atoms with E-state index in [1.54, 1.807) is 26.4 Å². The Kier molecular flexibility index (Phi) is 3.93. The van der Waals surface area contributed by atoms with Crippen molar-refractivity contribution in [2.45, 2.75) is 13.3 Å². The van der Waals surface area contributed by atoms with Crippen molar-refractivity contribution in [1.29, 1.82) is 0 Å². The van der Waals surface area contributed by atoms with Gasteiger partial charge in [0.2, 0.25) is 5.88 Å². The maximum absolute atomic E-state index is 11.6. The molecule has 2 aromatic rings. The summed E-state index contributed by atoms with van der Waals surface area (Å²) in [6.45, 7) is 1.52. The molecule has 0 bridgehead atoms. The summed E-state index contributed by atoms with van der Waals surface area (Å²) >= 11 is 0. The Morgan fingerprint density at radius 2 is 1.95 bits per heavy atom. The quantitative estimate of drug-likeness (QED) is 0.881. The van der Waals surface area contributed by atoms with E-state index in [1.165, 1.54) is 6.92 Å². The van der Waals surface area contributed by atoms with Gasteiger partial charge in [-0.2, -0.15) is 4.98 Å². The fraction of sp³-hybridized carbons (Fsp3) is 0.286. The predicted molar refractivity (Wildman–Crippen MR) is 73.6 cm³/mol. The van der Waals surface area contributed by atoms with E-state index in [0.717, 1.165) is 5.56 Å². The van der Waals surface area contributed by atoms with Crippen LogP contribution in [0, 0.1) is 6.92 Å². The largest absolute Gasteiger partial charge is 0.493 e. The lowest BCUT2D eigenvalue weighted by atomic mass is 10.1. The highest BCUT2D eigenvalue weighted by Crippen LogP contribution is 2.28. The molecule has 6 nitrogen and oxygen atoms in total. The van der Waals surface area contributed by atoms with Crippen LogP contribution in [0.15, 0.2) is 23.0 Å². The van der Waals surface area contributed by atoms with E-state index in [1.807, 2.05) is 6.07 Å². The SMILES string of the molecule is COc1ccc(Cc2nc(O)c(C)c(=O)[nH]2)cc1OC. The smallest absolute Gasteiger partial charge is 0.257 e. The number of aromatic amines is 1. The van der Waals surface area contributed by atoms with Crippen LogP contribution in [0.4, 0.5) is 0 Å². The highest BCUT2D eigenvalue weighted by atomic mass is 16.5. The van der Waals surface area contributed by atoms with Gasteiger partial charge in [-0.3, -0.25) is 4.79 Å². The first kappa shape index (κ1) is 13.9. The van der Waals surface area contributed by atoms with Gasteiger partial charge in [-0.1, -0.05) is 6.07 Å². The van der Waals surface area contributed by atoms with Crippen LogP contribution in [0.25, 0.3) is 0 Å². The summed E-state index contributed by atoms with van der Waals surface area (Å²) in [4.78, 5) is 18.2. The Morgan fingerprint density at radius 3 is 2.55 bits per heavy atom. The second kappa shape index (κ2) is 5.64. The summed E-state index contributed by atoms with van der Waals surface area (Å²) in [5, 5.41) is 9.57. The molecular weight excluding hydrogens is 260 g/mol. The average Bonchev–Trinajstić information content (AvgIpc) is 2.44. The van der Waals surface area contributed by atoms with Crippen molar-refractivity contribution in [2.75, 3.05) is 14.2 Å². The number of nitrogens with one attached hydrogen (secondary N) is 1. The van der Waals surface area contributed by atoms with Crippen molar-refractivity contribution in [1.82, 2.24) is 9.97 Å². The summed E-state index contributed by atoms with van der Waals surface area (Å²) in [6, 6.07) is 5.42. The monoisotopic (exact) mass is 276 g/mol. The Balaban J connectivity index is 2.33. The molecule has 6 heteroatoms. The third kappa shape index (κ3) is 2.74. The maximum atomic E-state index is 11.6. The van der Waals surface area contributed by atoms with Gasteiger partial charge in [-0.25, -0.2) is 0 Å². The van der Waals surface area contributed by atoms with Crippen molar-refractivity contribution in [3.05, 3.63) is 45.5 Å². The molecule has 0 amide bonds. The van der Waals surface area contributed by atoms with Gasteiger partial charge in [0.1, 0.15) is 5.82 Å². The molecule has 1 heterocycles. The van der Waals surface area contributed by atoms with Gasteiger partial charge < -0.3 is 19.6 Å². The maximum Gasteiger partial charge on any atom is 0.257 e. The number of H-pyrrole nitrogens is 1. The molecule has 2 N–H and O–H groups in total. The molecule has 0 saturated carbocycles. The summed E-state index contributed by atoms with van der Waals surface area (Å²) in [6.07, 6.45) is 0.378. The number of hydrogen-bond acceptors (Lipinski definition) is 5. The van der Waals surface area contributed by atoms with E-state index >= 15 is 0 Å². The lowest BCUT2D eigenvalue weighted by molar-refractivity contribution is 0.354. The molecular formula is C14H16N2O4. The van der Waals surface area contributed by atoms with Crippen molar-refractivity contribution < 1.29 is 14.6 Å². The summed E-state index contributed by atoms with van der Waals surface area (Å²) in [5.74, 6) is 1.38. The molecule has 0 fully saturated rings. The van der Waals surface area contributed by atoms with Crippen molar-refractivity contribution in [2.24, 2.45) is 0 Å². The van der Waals surface area contributed by atoms with Gasteiger partial charge in [0.15, 0.2) is 11.5 Å². The van der Waals surface area contributed by atoms with Crippen LogP contribution in [-0.4, -0.2) is 29.3 Å². The fourth-order valence-corrected chi connectivity index (χ4v) is 1.83. The number of rotatable bonds is 4. The van der Waals surface area contributed by atoms with E-state index in [0.29, 0.717) is 23.7 Å². The van der Waals surface area contributed by atoms with Crippen LogP contribution in [0.5, 0.6) is 17.4 Å². The number of ether oxygens (including phenoxy) is 2. The molecule has 0 unspecified atom stereocenters. The minimum Gasteiger partial charge on any atom is -0.493 e. The van der Waals surface area contributed by atoms with Gasteiger partial charge in [0, 0.05) is 6.42 Å². The Labute approximate surface area is 116 Å². The van der Waals surface area contributed by atoms with Gasteiger partial charge in [-0.15, -0.1) is 0 Å². The standard InChI is InChI=1S/C14H16N2O4/c1-8-13(17)15-12(16-14(8)18)7-9-4-5-10(19-2)11(6-9)20-3/h4-6H,7H2,1-3H3,(H2,15,16,17,18). The topological polar surface area (TPSA) is 84.4 Å². The van der Waals surface area contributed by atoms with Crippen LogP contribution in [0.1, 0.15) is 17.0 Å². The van der Waals surface area contributed by atoms with Crippen LogP contribution in [0.3, 0.4) is 0 Å². The van der Waals surface area contributed by atoms with Gasteiger partial charge in [-0.05, 0) is 24.6 Å². The average molecular weight is 276 g/mol. The first-order chi connectivity index (χ1) is 9.55. The van der Waals surface area contributed by atoms with E-state index in [9.17, 15) is 9.90 Å². The molecule has 0 spiro atoms. The number of benzene rings is 1. The number of hydrogen-bond donors (Lipinski definition) is 2. The van der Waals surface area contributed by atoms with Crippen molar-refractivity contribution in [3.63, 3.8) is 0 Å². The number of methoxy groups -OCH3 is 2. The first-order valence-electron chi connectivity index (χ1n) is 6.04. The van der Waals surface area contributed by atoms with Crippen LogP contribution < -0.4 is 15.0 Å².